The predicted octanol–water partition coefficient (Wildman–Crippen LogP) is 4.00. The van der Waals surface area contributed by atoms with Gasteiger partial charge in [0.25, 0.3) is 5.91 Å². The monoisotopic (exact) mass is 385 g/mol. The van der Waals surface area contributed by atoms with E-state index in [-0.39, 0.29) is 11.5 Å². The molecule has 0 spiro atoms. The van der Waals surface area contributed by atoms with Crippen LogP contribution in [0.25, 0.3) is 0 Å². The lowest BCUT2D eigenvalue weighted by atomic mass is 10.1. The molecule has 142 valence electrons. The normalized spacial score (nSPS) is 11.5. The van der Waals surface area contributed by atoms with Gasteiger partial charge in [0, 0.05) is 11.3 Å². The Balaban J connectivity index is 1.80. The molecule has 0 aliphatic rings. The number of Topliss-reactive ketones (excluding diaryl/α,β-unsaturated/α-hetero) is 1. The zero-order chi connectivity index (χ0) is 19.8. The third-order valence-electron chi connectivity index (χ3n) is 3.85. The molecule has 27 heavy (non-hydrogen) atoms. The molecule has 0 aliphatic heterocycles. The number of para-hydroxylation sites is 1. The van der Waals surface area contributed by atoms with E-state index in [1.807, 2.05) is 31.2 Å². The van der Waals surface area contributed by atoms with Gasteiger partial charge >= 0.3 is 5.97 Å². The third-order valence-corrected chi connectivity index (χ3v) is 4.83. The summed E-state index contributed by atoms with van der Waals surface area (Å²) in [7, 11) is 0. The minimum Gasteiger partial charge on any atom is -0.452 e. The number of hydrogen-bond donors (Lipinski definition) is 1. The van der Waals surface area contributed by atoms with Gasteiger partial charge in [-0.3, -0.25) is 14.4 Å². The molecule has 1 N–H and O–H groups in total. The first-order valence-electron chi connectivity index (χ1n) is 8.60. The number of esters is 1. The van der Waals surface area contributed by atoms with Crippen LogP contribution in [0.4, 0.5) is 5.69 Å². The minimum absolute atomic E-state index is 0.150. The van der Waals surface area contributed by atoms with Crippen molar-refractivity contribution in [2.75, 3.05) is 11.1 Å². The van der Waals surface area contributed by atoms with Gasteiger partial charge in [-0.2, -0.15) is 0 Å². The highest BCUT2D eigenvalue weighted by molar-refractivity contribution is 7.99. The molecule has 2 aromatic carbocycles. The van der Waals surface area contributed by atoms with Gasteiger partial charge < -0.3 is 10.1 Å². The number of ketones is 1. The highest BCUT2D eigenvalue weighted by Crippen LogP contribution is 2.17. The number of anilines is 1. The Bertz CT molecular complexity index is 817. The van der Waals surface area contributed by atoms with Crippen molar-refractivity contribution in [1.82, 2.24) is 0 Å². The standard InChI is InChI=1S/C21H23NO4S/c1-14-8-10-17(11-9-14)12-27-13-20(24)26-16(3)21(25)22-19-7-5-4-6-18(19)15(2)23/h4-11,16H,12-13H2,1-3H3,(H,22,25)/t16-/m0/s1. The quantitative estimate of drug-likeness (QED) is 0.549. The number of aryl methyl sites for hydroxylation is 1. The van der Waals surface area contributed by atoms with Crippen molar-refractivity contribution in [3.8, 4) is 0 Å². The van der Waals surface area contributed by atoms with Gasteiger partial charge in [0.1, 0.15) is 0 Å². The first kappa shape index (κ1) is 20.7. The molecular weight excluding hydrogens is 362 g/mol. The SMILES string of the molecule is CC(=O)c1ccccc1NC(=O)[C@H](C)OC(=O)CSCc1ccc(C)cc1. The van der Waals surface area contributed by atoms with Crippen molar-refractivity contribution >= 4 is 35.1 Å². The molecule has 0 heterocycles. The average Bonchev–Trinajstić information content (AvgIpc) is 2.63. The molecule has 0 unspecified atom stereocenters. The number of hydrogen-bond acceptors (Lipinski definition) is 5. The van der Waals surface area contributed by atoms with E-state index in [4.69, 9.17) is 4.74 Å². The van der Waals surface area contributed by atoms with Crippen LogP contribution in [0.5, 0.6) is 0 Å². The van der Waals surface area contributed by atoms with E-state index >= 15 is 0 Å². The fourth-order valence-corrected chi connectivity index (χ4v) is 3.12. The summed E-state index contributed by atoms with van der Waals surface area (Å²) in [4.78, 5) is 35.8. The number of amides is 1. The Morgan fingerprint density at radius 1 is 1.07 bits per heavy atom. The number of carbonyl (C=O) groups excluding carboxylic acids is 3. The van der Waals surface area contributed by atoms with Crippen LogP contribution in [-0.2, 0) is 20.1 Å². The second kappa shape index (κ2) is 9.92. The first-order chi connectivity index (χ1) is 12.9. The van der Waals surface area contributed by atoms with E-state index in [0.29, 0.717) is 17.0 Å². The molecule has 0 saturated heterocycles. The number of nitrogens with one attached hydrogen (secondary N) is 1. The molecular formula is C21H23NO4S. The van der Waals surface area contributed by atoms with E-state index in [9.17, 15) is 14.4 Å². The summed E-state index contributed by atoms with van der Waals surface area (Å²) >= 11 is 1.43. The molecule has 0 aliphatic carbocycles. The zero-order valence-electron chi connectivity index (χ0n) is 15.7. The summed E-state index contributed by atoms with van der Waals surface area (Å²) in [5, 5.41) is 2.64. The summed E-state index contributed by atoms with van der Waals surface area (Å²) in [5.74, 6) is -0.212. The Morgan fingerprint density at radius 2 is 1.74 bits per heavy atom. The predicted molar refractivity (Wildman–Crippen MR) is 108 cm³/mol. The van der Waals surface area contributed by atoms with Crippen LogP contribution >= 0.6 is 11.8 Å². The Kier molecular flexibility index (Phi) is 7.61. The van der Waals surface area contributed by atoms with Crippen molar-refractivity contribution < 1.29 is 19.1 Å². The van der Waals surface area contributed by atoms with Gasteiger partial charge in [-0.15, -0.1) is 11.8 Å². The molecule has 5 nitrogen and oxygen atoms in total. The van der Waals surface area contributed by atoms with Crippen molar-refractivity contribution in [3.63, 3.8) is 0 Å². The summed E-state index contributed by atoms with van der Waals surface area (Å²) in [6.07, 6.45) is -0.947. The van der Waals surface area contributed by atoms with Gasteiger partial charge in [0.15, 0.2) is 11.9 Å². The van der Waals surface area contributed by atoms with Crippen LogP contribution < -0.4 is 5.32 Å². The summed E-state index contributed by atoms with van der Waals surface area (Å²) in [6, 6.07) is 14.8. The van der Waals surface area contributed by atoms with E-state index in [2.05, 4.69) is 5.32 Å². The van der Waals surface area contributed by atoms with Crippen molar-refractivity contribution in [1.29, 1.82) is 0 Å². The largest absolute Gasteiger partial charge is 0.452 e. The van der Waals surface area contributed by atoms with Crippen LogP contribution in [0.15, 0.2) is 48.5 Å². The molecule has 0 aromatic heterocycles. The van der Waals surface area contributed by atoms with Gasteiger partial charge in [-0.25, -0.2) is 0 Å². The molecule has 0 radical (unpaired) electrons. The third kappa shape index (κ3) is 6.57. The fourth-order valence-electron chi connectivity index (χ4n) is 2.35. The van der Waals surface area contributed by atoms with Gasteiger partial charge in [-0.05, 0) is 38.5 Å². The fraction of sp³-hybridized carbons (Fsp3) is 0.286. The molecule has 2 rings (SSSR count). The van der Waals surface area contributed by atoms with Gasteiger partial charge in [0.05, 0.1) is 11.4 Å². The number of thioether (sulfide) groups is 1. The number of rotatable bonds is 8. The topological polar surface area (TPSA) is 72.5 Å². The Hall–Kier alpha value is -2.60. The van der Waals surface area contributed by atoms with Crippen LogP contribution in [0.2, 0.25) is 0 Å². The molecule has 0 saturated carbocycles. The second-order valence-corrected chi connectivity index (χ2v) is 7.19. The maximum atomic E-state index is 12.2. The molecule has 2 aromatic rings. The molecule has 0 fully saturated rings. The molecule has 1 atom stereocenters. The lowest BCUT2D eigenvalue weighted by Crippen LogP contribution is -2.31. The van der Waals surface area contributed by atoms with Crippen LogP contribution in [0.3, 0.4) is 0 Å². The smallest absolute Gasteiger partial charge is 0.316 e. The van der Waals surface area contributed by atoms with Crippen molar-refractivity contribution in [3.05, 3.63) is 65.2 Å². The van der Waals surface area contributed by atoms with E-state index in [1.54, 1.807) is 24.3 Å². The van der Waals surface area contributed by atoms with E-state index in [0.717, 1.165) is 5.56 Å². The first-order valence-corrected chi connectivity index (χ1v) is 9.76. The summed E-state index contributed by atoms with van der Waals surface area (Å²) in [5.41, 5.74) is 3.14. The average molecular weight is 385 g/mol. The summed E-state index contributed by atoms with van der Waals surface area (Å²) in [6.45, 7) is 4.96. The van der Waals surface area contributed by atoms with Gasteiger partial charge in [-0.1, -0.05) is 42.0 Å². The lowest BCUT2D eigenvalue weighted by molar-refractivity contribution is -0.150. The van der Waals surface area contributed by atoms with Crippen LogP contribution in [-0.4, -0.2) is 29.5 Å². The van der Waals surface area contributed by atoms with Crippen molar-refractivity contribution in [2.45, 2.75) is 32.6 Å². The maximum absolute atomic E-state index is 12.2. The van der Waals surface area contributed by atoms with Crippen LogP contribution in [0, 0.1) is 6.92 Å². The lowest BCUT2D eigenvalue weighted by Gasteiger charge is -2.15. The highest BCUT2D eigenvalue weighted by atomic mass is 32.2. The van der Waals surface area contributed by atoms with Gasteiger partial charge in [0.2, 0.25) is 0 Å². The number of carbonyl (C=O) groups is 3. The maximum Gasteiger partial charge on any atom is 0.316 e. The molecule has 0 bridgehead atoms. The summed E-state index contributed by atoms with van der Waals surface area (Å²) < 4.78 is 5.19. The minimum atomic E-state index is -0.947. The highest BCUT2D eigenvalue weighted by Gasteiger charge is 2.19. The Morgan fingerprint density at radius 3 is 2.41 bits per heavy atom. The Labute approximate surface area is 163 Å². The van der Waals surface area contributed by atoms with Crippen LogP contribution in [0.1, 0.15) is 35.3 Å². The zero-order valence-corrected chi connectivity index (χ0v) is 16.5. The van der Waals surface area contributed by atoms with E-state index < -0.39 is 18.0 Å². The second-order valence-electron chi connectivity index (χ2n) is 6.20. The van der Waals surface area contributed by atoms with Crippen molar-refractivity contribution in [2.24, 2.45) is 0 Å². The number of benzene rings is 2. The molecule has 6 heteroatoms. The van der Waals surface area contributed by atoms with E-state index in [1.165, 1.54) is 31.2 Å². The molecule has 1 amide bonds. The number of ether oxygens (including phenoxy) is 1.